The normalized spacial score (nSPS) is 24.8. The van der Waals surface area contributed by atoms with E-state index in [1.165, 1.54) is 0 Å². The molecular weight excluding hydrogens is 283 g/mol. The van der Waals surface area contributed by atoms with Crippen molar-refractivity contribution in [2.45, 2.75) is 18.6 Å². The SMILES string of the molecule is C[C@@]1(CP(=O)(c2ccccc2)c2ccccc2)O[C@H]1CO. The second-order valence-electron chi connectivity index (χ2n) is 5.67. The summed E-state index contributed by atoms with van der Waals surface area (Å²) in [5, 5.41) is 10.9. The van der Waals surface area contributed by atoms with Crippen molar-refractivity contribution in [1.82, 2.24) is 0 Å². The van der Waals surface area contributed by atoms with Crippen LogP contribution in [0.5, 0.6) is 0 Å². The summed E-state index contributed by atoms with van der Waals surface area (Å²) in [5.74, 6) is 0. The first-order valence-corrected chi connectivity index (χ1v) is 8.97. The van der Waals surface area contributed by atoms with Crippen LogP contribution in [-0.4, -0.2) is 29.6 Å². The smallest absolute Gasteiger partial charge is 0.146 e. The largest absolute Gasteiger partial charge is 0.394 e. The lowest BCUT2D eigenvalue weighted by molar-refractivity contribution is 0.238. The highest BCUT2D eigenvalue weighted by atomic mass is 31.2. The quantitative estimate of drug-likeness (QED) is 0.680. The number of aliphatic hydroxyl groups excluding tert-OH is 1. The zero-order valence-electron chi connectivity index (χ0n) is 12.0. The van der Waals surface area contributed by atoms with Crippen LogP contribution in [-0.2, 0) is 9.30 Å². The second-order valence-corrected chi connectivity index (χ2v) is 8.50. The third-order valence-electron chi connectivity index (χ3n) is 4.08. The summed E-state index contributed by atoms with van der Waals surface area (Å²) in [4.78, 5) is 0. The van der Waals surface area contributed by atoms with Crippen LogP contribution in [0.1, 0.15) is 6.92 Å². The summed E-state index contributed by atoms with van der Waals surface area (Å²) < 4.78 is 19.3. The standard InChI is InChI=1S/C17H19O3P/c1-17(16(12-18)20-17)13-21(19,14-8-4-2-5-9-14)15-10-6-3-7-11-15/h2-11,16,18H,12-13H2,1H3/t16-,17-/m0/s1. The van der Waals surface area contributed by atoms with Crippen LogP contribution in [0.3, 0.4) is 0 Å². The minimum Gasteiger partial charge on any atom is -0.394 e. The van der Waals surface area contributed by atoms with E-state index in [1.54, 1.807) is 0 Å². The Morgan fingerprint density at radius 3 is 1.90 bits per heavy atom. The van der Waals surface area contributed by atoms with Gasteiger partial charge >= 0.3 is 0 Å². The Hall–Kier alpha value is -1.41. The fraction of sp³-hybridized carbons (Fsp3) is 0.294. The van der Waals surface area contributed by atoms with Gasteiger partial charge in [-0.1, -0.05) is 60.7 Å². The number of epoxide rings is 1. The molecule has 2 atom stereocenters. The molecule has 3 nitrogen and oxygen atoms in total. The van der Waals surface area contributed by atoms with E-state index < -0.39 is 12.7 Å². The topological polar surface area (TPSA) is 49.8 Å². The van der Waals surface area contributed by atoms with Gasteiger partial charge in [0.2, 0.25) is 0 Å². The molecule has 1 aliphatic heterocycles. The summed E-state index contributed by atoms with van der Waals surface area (Å²) in [6.07, 6.45) is 0.206. The molecule has 1 saturated heterocycles. The highest BCUT2D eigenvalue weighted by Gasteiger charge is 2.55. The predicted octanol–water partition coefficient (Wildman–Crippen LogP) is 2.15. The van der Waals surface area contributed by atoms with E-state index in [4.69, 9.17) is 4.74 Å². The molecule has 3 rings (SSSR count). The molecule has 0 spiro atoms. The zero-order valence-corrected chi connectivity index (χ0v) is 12.9. The van der Waals surface area contributed by atoms with Crippen LogP contribution < -0.4 is 10.6 Å². The Balaban J connectivity index is 2.02. The maximum atomic E-state index is 13.8. The van der Waals surface area contributed by atoms with Gasteiger partial charge in [0.05, 0.1) is 6.61 Å². The summed E-state index contributed by atoms with van der Waals surface area (Å²) in [6.45, 7) is 1.90. The van der Waals surface area contributed by atoms with Gasteiger partial charge in [0.25, 0.3) is 0 Å². The number of hydrogen-bond donors (Lipinski definition) is 1. The number of rotatable bonds is 5. The Morgan fingerprint density at radius 1 is 1.05 bits per heavy atom. The lowest BCUT2D eigenvalue weighted by Gasteiger charge is -2.21. The summed E-state index contributed by atoms with van der Waals surface area (Å²) >= 11 is 0. The van der Waals surface area contributed by atoms with Crippen LogP contribution in [0, 0.1) is 0 Å². The van der Waals surface area contributed by atoms with Crippen LogP contribution in [0.4, 0.5) is 0 Å². The Morgan fingerprint density at radius 2 is 1.52 bits per heavy atom. The van der Waals surface area contributed by atoms with Crippen molar-refractivity contribution in [3.8, 4) is 0 Å². The fourth-order valence-electron chi connectivity index (χ4n) is 2.77. The minimum atomic E-state index is -2.77. The van der Waals surface area contributed by atoms with Gasteiger partial charge in [-0.05, 0) is 6.92 Å². The monoisotopic (exact) mass is 302 g/mol. The highest BCUT2D eigenvalue weighted by Crippen LogP contribution is 2.52. The van der Waals surface area contributed by atoms with Crippen molar-refractivity contribution in [2.24, 2.45) is 0 Å². The van der Waals surface area contributed by atoms with Crippen molar-refractivity contribution in [3.05, 3.63) is 60.7 Å². The fourth-order valence-corrected chi connectivity index (χ4v) is 5.90. The molecule has 2 aromatic rings. The maximum absolute atomic E-state index is 13.8. The Bertz CT molecular complexity index is 613. The van der Waals surface area contributed by atoms with Crippen molar-refractivity contribution < 1.29 is 14.4 Å². The molecule has 0 aliphatic carbocycles. The average molecular weight is 302 g/mol. The molecule has 1 heterocycles. The van der Waals surface area contributed by atoms with Gasteiger partial charge in [-0.3, -0.25) is 0 Å². The summed E-state index contributed by atoms with van der Waals surface area (Å²) in [5.41, 5.74) is -0.504. The molecule has 21 heavy (non-hydrogen) atoms. The molecule has 0 amide bonds. The number of hydrogen-bond acceptors (Lipinski definition) is 3. The van der Waals surface area contributed by atoms with E-state index >= 15 is 0 Å². The maximum Gasteiger partial charge on any atom is 0.146 e. The van der Waals surface area contributed by atoms with Gasteiger partial charge in [0.15, 0.2) is 0 Å². The molecule has 0 unspecified atom stereocenters. The number of benzene rings is 2. The molecule has 1 N–H and O–H groups in total. The molecule has 0 saturated carbocycles. The van der Waals surface area contributed by atoms with Gasteiger partial charge in [-0.15, -0.1) is 0 Å². The molecule has 1 fully saturated rings. The molecule has 0 radical (unpaired) electrons. The van der Waals surface area contributed by atoms with Gasteiger partial charge in [-0.25, -0.2) is 0 Å². The number of aliphatic hydroxyl groups is 1. The lowest BCUT2D eigenvalue weighted by Crippen LogP contribution is -2.27. The van der Waals surface area contributed by atoms with E-state index in [0.717, 1.165) is 10.6 Å². The van der Waals surface area contributed by atoms with E-state index in [-0.39, 0.29) is 12.7 Å². The lowest BCUT2D eigenvalue weighted by atomic mass is 10.1. The van der Waals surface area contributed by atoms with Crippen molar-refractivity contribution >= 4 is 17.8 Å². The zero-order chi connectivity index (χ0) is 14.9. The average Bonchev–Trinajstić information content (AvgIpc) is 3.19. The summed E-state index contributed by atoms with van der Waals surface area (Å²) in [6, 6.07) is 19.1. The van der Waals surface area contributed by atoms with Gasteiger partial charge in [-0.2, -0.15) is 0 Å². The Labute approximate surface area is 125 Å². The van der Waals surface area contributed by atoms with E-state index in [1.807, 2.05) is 67.6 Å². The van der Waals surface area contributed by atoms with Crippen molar-refractivity contribution in [2.75, 3.05) is 12.8 Å². The van der Waals surface area contributed by atoms with Gasteiger partial charge in [0.1, 0.15) is 18.8 Å². The third kappa shape index (κ3) is 2.69. The van der Waals surface area contributed by atoms with E-state index in [2.05, 4.69) is 0 Å². The second kappa shape index (κ2) is 5.42. The van der Waals surface area contributed by atoms with Crippen molar-refractivity contribution in [1.29, 1.82) is 0 Å². The Kier molecular flexibility index (Phi) is 3.75. The molecule has 4 heteroatoms. The first-order chi connectivity index (χ1) is 10.1. The third-order valence-corrected chi connectivity index (χ3v) is 7.42. The van der Waals surface area contributed by atoms with Crippen LogP contribution in [0.2, 0.25) is 0 Å². The number of ether oxygens (including phenoxy) is 1. The molecule has 2 aromatic carbocycles. The minimum absolute atomic E-state index is 0.0277. The van der Waals surface area contributed by atoms with E-state index in [9.17, 15) is 9.67 Å². The van der Waals surface area contributed by atoms with Gasteiger partial charge < -0.3 is 14.4 Å². The first-order valence-electron chi connectivity index (χ1n) is 7.07. The van der Waals surface area contributed by atoms with Crippen molar-refractivity contribution in [3.63, 3.8) is 0 Å². The van der Waals surface area contributed by atoms with Crippen LogP contribution in [0.25, 0.3) is 0 Å². The van der Waals surface area contributed by atoms with Gasteiger partial charge in [0, 0.05) is 16.8 Å². The molecule has 1 aliphatic rings. The summed E-state index contributed by atoms with van der Waals surface area (Å²) in [7, 11) is -2.77. The highest BCUT2D eigenvalue weighted by molar-refractivity contribution is 7.78. The first kappa shape index (κ1) is 14.5. The van der Waals surface area contributed by atoms with E-state index in [0.29, 0.717) is 6.16 Å². The van der Waals surface area contributed by atoms with Crippen LogP contribution >= 0.6 is 7.14 Å². The van der Waals surface area contributed by atoms with Crippen LogP contribution in [0.15, 0.2) is 60.7 Å². The molecule has 0 bridgehead atoms. The molecule has 0 aromatic heterocycles. The predicted molar refractivity (Wildman–Crippen MR) is 85.0 cm³/mol. The molecule has 110 valence electrons. The molecular formula is C17H19O3P.